The zero-order chi connectivity index (χ0) is 12.8. The third-order valence-corrected chi connectivity index (χ3v) is 3.81. The second-order valence-corrected chi connectivity index (χ2v) is 6.43. The summed E-state index contributed by atoms with van der Waals surface area (Å²) in [6, 6.07) is 6.34. The third kappa shape index (κ3) is 2.18. The smallest absolute Gasteiger partial charge is 0.201 e. The number of hydrogen-bond donors (Lipinski definition) is 1. The summed E-state index contributed by atoms with van der Waals surface area (Å²) in [6.45, 7) is 8.81. The Morgan fingerprint density at radius 3 is 2.59 bits per heavy atom. The lowest BCUT2D eigenvalue weighted by molar-refractivity contribution is 0.270. The number of rotatable bonds is 1. The Kier molecular flexibility index (Phi) is 2.94. The maximum absolute atomic E-state index is 6.04. The molecule has 1 atom stereocenters. The lowest BCUT2D eigenvalue weighted by atomic mass is 9.88. The summed E-state index contributed by atoms with van der Waals surface area (Å²) >= 11 is 3.49. The van der Waals surface area contributed by atoms with Crippen molar-refractivity contribution in [3.63, 3.8) is 0 Å². The fourth-order valence-electron chi connectivity index (χ4n) is 1.88. The van der Waals surface area contributed by atoms with Crippen LogP contribution in [-0.4, -0.2) is 9.55 Å². The summed E-state index contributed by atoms with van der Waals surface area (Å²) in [5.74, 6) is 0.584. The molecule has 0 amide bonds. The molecule has 0 saturated heterocycles. The van der Waals surface area contributed by atoms with Crippen LogP contribution in [0.25, 0.3) is 11.0 Å². The fourth-order valence-corrected chi connectivity index (χ4v) is 2.23. The van der Waals surface area contributed by atoms with Gasteiger partial charge in [0.2, 0.25) is 5.95 Å². The number of anilines is 1. The highest BCUT2D eigenvalue weighted by molar-refractivity contribution is 9.10. The highest BCUT2D eigenvalue weighted by atomic mass is 79.9. The van der Waals surface area contributed by atoms with Gasteiger partial charge in [-0.15, -0.1) is 0 Å². The monoisotopic (exact) mass is 295 g/mol. The normalized spacial score (nSPS) is 14.2. The second kappa shape index (κ2) is 4.02. The van der Waals surface area contributed by atoms with Crippen LogP contribution in [0.1, 0.15) is 33.7 Å². The summed E-state index contributed by atoms with van der Waals surface area (Å²) in [7, 11) is 0. The van der Waals surface area contributed by atoms with E-state index in [1.807, 2.05) is 12.1 Å². The quantitative estimate of drug-likeness (QED) is 0.864. The molecule has 2 N–H and O–H groups in total. The number of halogens is 1. The minimum atomic E-state index is 0.143. The van der Waals surface area contributed by atoms with Gasteiger partial charge in [-0.25, -0.2) is 4.98 Å². The van der Waals surface area contributed by atoms with Gasteiger partial charge in [-0.1, -0.05) is 36.7 Å². The van der Waals surface area contributed by atoms with Crippen molar-refractivity contribution in [1.29, 1.82) is 0 Å². The highest BCUT2D eigenvalue weighted by Crippen LogP contribution is 2.35. The van der Waals surface area contributed by atoms with Gasteiger partial charge in [-0.05, 0) is 30.5 Å². The van der Waals surface area contributed by atoms with E-state index in [4.69, 9.17) is 5.73 Å². The minimum absolute atomic E-state index is 0.143. The molecule has 0 saturated carbocycles. The third-order valence-electron chi connectivity index (χ3n) is 3.32. The van der Waals surface area contributed by atoms with Crippen molar-refractivity contribution in [2.24, 2.45) is 5.41 Å². The van der Waals surface area contributed by atoms with E-state index in [0.29, 0.717) is 12.0 Å². The van der Waals surface area contributed by atoms with E-state index >= 15 is 0 Å². The number of hydrogen-bond acceptors (Lipinski definition) is 2. The number of fused-ring (bicyclic) bond motifs is 1. The van der Waals surface area contributed by atoms with Gasteiger partial charge in [0.1, 0.15) is 0 Å². The maximum atomic E-state index is 6.04. The summed E-state index contributed by atoms with van der Waals surface area (Å²) < 4.78 is 3.16. The Balaban J connectivity index is 2.68. The number of nitrogen functional groups attached to an aromatic ring is 1. The molecule has 4 heteroatoms. The van der Waals surface area contributed by atoms with Gasteiger partial charge >= 0.3 is 0 Å². The summed E-state index contributed by atoms with van der Waals surface area (Å²) in [5.41, 5.74) is 8.21. The first-order valence-electron chi connectivity index (χ1n) is 5.73. The molecule has 1 aromatic carbocycles. The molecule has 17 heavy (non-hydrogen) atoms. The molecule has 1 aromatic heterocycles. The molecule has 2 aromatic rings. The van der Waals surface area contributed by atoms with Crippen LogP contribution < -0.4 is 5.73 Å². The van der Waals surface area contributed by atoms with E-state index in [0.717, 1.165) is 15.5 Å². The zero-order valence-corrected chi connectivity index (χ0v) is 12.2. The van der Waals surface area contributed by atoms with Gasteiger partial charge in [0.05, 0.1) is 11.0 Å². The van der Waals surface area contributed by atoms with E-state index in [1.54, 1.807) is 0 Å². The zero-order valence-electron chi connectivity index (χ0n) is 10.7. The van der Waals surface area contributed by atoms with Crippen LogP contribution in [0.5, 0.6) is 0 Å². The standard InChI is InChI=1S/C13H18BrN3/c1-8(13(2,3)4)17-11-7-9(14)5-6-10(11)16-12(17)15/h5-8H,1-4H3,(H2,15,16). The maximum Gasteiger partial charge on any atom is 0.201 e. The molecule has 0 aliphatic rings. The second-order valence-electron chi connectivity index (χ2n) is 5.52. The van der Waals surface area contributed by atoms with Gasteiger partial charge in [-0.2, -0.15) is 0 Å². The van der Waals surface area contributed by atoms with E-state index in [-0.39, 0.29) is 5.41 Å². The molecule has 0 spiro atoms. The van der Waals surface area contributed by atoms with Crippen LogP contribution in [0.3, 0.4) is 0 Å². The first kappa shape index (κ1) is 12.4. The first-order valence-corrected chi connectivity index (χ1v) is 6.53. The molecule has 92 valence electrons. The largest absolute Gasteiger partial charge is 0.369 e. The van der Waals surface area contributed by atoms with Crippen molar-refractivity contribution in [1.82, 2.24) is 9.55 Å². The lowest BCUT2D eigenvalue weighted by Gasteiger charge is -2.29. The Hall–Kier alpha value is -1.03. The van der Waals surface area contributed by atoms with Crippen molar-refractivity contribution < 1.29 is 0 Å². The van der Waals surface area contributed by atoms with Gasteiger partial charge < -0.3 is 10.3 Å². The van der Waals surface area contributed by atoms with Crippen molar-refractivity contribution in [3.05, 3.63) is 22.7 Å². The number of benzene rings is 1. The topological polar surface area (TPSA) is 43.8 Å². The van der Waals surface area contributed by atoms with Crippen molar-refractivity contribution in [2.75, 3.05) is 5.73 Å². The van der Waals surface area contributed by atoms with E-state index in [9.17, 15) is 0 Å². The van der Waals surface area contributed by atoms with E-state index < -0.39 is 0 Å². The molecular weight excluding hydrogens is 278 g/mol. The Bertz CT molecular complexity index is 552. The summed E-state index contributed by atoms with van der Waals surface area (Å²) in [6.07, 6.45) is 0. The average molecular weight is 296 g/mol. The van der Waals surface area contributed by atoms with Crippen molar-refractivity contribution in [2.45, 2.75) is 33.7 Å². The fraction of sp³-hybridized carbons (Fsp3) is 0.462. The van der Waals surface area contributed by atoms with Gasteiger partial charge in [-0.3, -0.25) is 0 Å². The van der Waals surface area contributed by atoms with Crippen LogP contribution >= 0.6 is 15.9 Å². The number of imidazole rings is 1. The molecule has 0 aliphatic heterocycles. The lowest BCUT2D eigenvalue weighted by Crippen LogP contribution is -2.22. The van der Waals surface area contributed by atoms with Gasteiger partial charge in [0.25, 0.3) is 0 Å². The number of nitrogens with zero attached hydrogens (tertiary/aromatic N) is 2. The average Bonchev–Trinajstić information content (AvgIpc) is 2.51. The van der Waals surface area contributed by atoms with Crippen molar-refractivity contribution in [3.8, 4) is 0 Å². The summed E-state index contributed by atoms with van der Waals surface area (Å²) in [4.78, 5) is 4.41. The Morgan fingerprint density at radius 1 is 1.35 bits per heavy atom. The molecule has 0 aliphatic carbocycles. The molecule has 0 bridgehead atoms. The molecule has 3 nitrogen and oxygen atoms in total. The SMILES string of the molecule is CC(n1c(N)nc2ccc(Br)cc21)C(C)(C)C. The van der Waals surface area contributed by atoms with Gasteiger partial charge in [0.15, 0.2) is 0 Å². The van der Waals surface area contributed by atoms with Crippen LogP contribution in [0.2, 0.25) is 0 Å². The Morgan fingerprint density at radius 2 is 2.00 bits per heavy atom. The van der Waals surface area contributed by atoms with Crippen molar-refractivity contribution >= 4 is 32.9 Å². The molecule has 1 heterocycles. The molecule has 1 unspecified atom stereocenters. The van der Waals surface area contributed by atoms with Crippen LogP contribution in [0.15, 0.2) is 22.7 Å². The molecule has 0 radical (unpaired) electrons. The van der Waals surface area contributed by atoms with E-state index in [1.165, 1.54) is 0 Å². The van der Waals surface area contributed by atoms with Crippen LogP contribution in [0.4, 0.5) is 5.95 Å². The predicted molar refractivity (Wildman–Crippen MR) is 76.0 cm³/mol. The molecular formula is C13H18BrN3. The van der Waals surface area contributed by atoms with Gasteiger partial charge in [0, 0.05) is 10.5 Å². The Labute approximate surface area is 110 Å². The number of aromatic nitrogens is 2. The summed E-state index contributed by atoms with van der Waals surface area (Å²) in [5, 5.41) is 0. The van der Waals surface area contributed by atoms with E-state index in [2.05, 4.69) is 59.2 Å². The minimum Gasteiger partial charge on any atom is -0.369 e. The first-order chi connectivity index (χ1) is 7.80. The predicted octanol–water partition coefficient (Wildman–Crippen LogP) is 3.99. The van der Waals surface area contributed by atoms with Crippen LogP contribution in [0, 0.1) is 5.41 Å². The number of nitrogens with two attached hydrogens (primary N) is 1. The van der Waals surface area contributed by atoms with Crippen LogP contribution in [-0.2, 0) is 0 Å². The molecule has 0 fully saturated rings. The molecule has 2 rings (SSSR count). The highest BCUT2D eigenvalue weighted by Gasteiger charge is 2.25.